The van der Waals surface area contributed by atoms with Crippen LogP contribution < -0.4 is 5.32 Å². The molecule has 2 aromatic heterocycles. The second-order valence-corrected chi connectivity index (χ2v) is 8.47. The highest BCUT2D eigenvalue weighted by molar-refractivity contribution is 7.99. The van der Waals surface area contributed by atoms with Gasteiger partial charge in [0, 0.05) is 11.9 Å². The van der Waals surface area contributed by atoms with Gasteiger partial charge in [-0.05, 0) is 43.4 Å². The zero-order chi connectivity index (χ0) is 20.5. The number of nitrogens with zero attached hydrogens (tertiary/aromatic N) is 4. The molecule has 152 valence electrons. The van der Waals surface area contributed by atoms with Crippen LogP contribution in [0.2, 0.25) is 0 Å². The SMILES string of the molecule is CCn1c2ccccc2c2nnc(SCC(=O)N[C@@H]3CCCc4ccccc43)nc21. The van der Waals surface area contributed by atoms with Crippen LogP contribution in [0.25, 0.3) is 22.1 Å². The predicted octanol–water partition coefficient (Wildman–Crippen LogP) is 4.29. The van der Waals surface area contributed by atoms with Gasteiger partial charge < -0.3 is 9.88 Å². The minimum Gasteiger partial charge on any atom is -0.349 e. The molecule has 0 saturated heterocycles. The molecule has 0 unspecified atom stereocenters. The van der Waals surface area contributed by atoms with Gasteiger partial charge in [0.2, 0.25) is 11.1 Å². The third kappa shape index (κ3) is 3.43. The third-order valence-electron chi connectivity index (χ3n) is 5.71. The van der Waals surface area contributed by atoms with Crippen molar-refractivity contribution >= 4 is 39.7 Å². The molecule has 2 aromatic carbocycles. The number of para-hydroxylation sites is 1. The Kier molecular flexibility index (Phi) is 5.12. The molecule has 4 aromatic rings. The smallest absolute Gasteiger partial charge is 0.230 e. The van der Waals surface area contributed by atoms with Crippen LogP contribution in [0.3, 0.4) is 0 Å². The van der Waals surface area contributed by atoms with Crippen molar-refractivity contribution in [3.63, 3.8) is 0 Å². The van der Waals surface area contributed by atoms with Crippen molar-refractivity contribution in [3.05, 3.63) is 59.7 Å². The summed E-state index contributed by atoms with van der Waals surface area (Å²) >= 11 is 1.33. The van der Waals surface area contributed by atoms with Crippen molar-refractivity contribution in [3.8, 4) is 0 Å². The van der Waals surface area contributed by atoms with Gasteiger partial charge in [-0.1, -0.05) is 54.2 Å². The Balaban J connectivity index is 1.32. The van der Waals surface area contributed by atoms with Gasteiger partial charge >= 0.3 is 0 Å². The highest BCUT2D eigenvalue weighted by Crippen LogP contribution is 2.30. The van der Waals surface area contributed by atoms with Gasteiger partial charge in [0.05, 0.1) is 17.3 Å². The van der Waals surface area contributed by atoms with E-state index in [2.05, 4.69) is 51.3 Å². The largest absolute Gasteiger partial charge is 0.349 e. The summed E-state index contributed by atoms with van der Waals surface area (Å²) in [4.78, 5) is 17.3. The quantitative estimate of drug-likeness (QED) is 0.491. The Morgan fingerprint density at radius 2 is 2.00 bits per heavy atom. The van der Waals surface area contributed by atoms with E-state index in [9.17, 15) is 4.79 Å². The van der Waals surface area contributed by atoms with Gasteiger partial charge in [-0.2, -0.15) is 0 Å². The van der Waals surface area contributed by atoms with Crippen LogP contribution in [0, 0.1) is 0 Å². The summed E-state index contributed by atoms with van der Waals surface area (Å²) in [7, 11) is 0. The van der Waals surface area contributed by atoms with E-state index in [1.54, 1.807) is 0 Å². The number of carbonyl (C=O) groups excluding carboxylic acids is 1. The average Bonchev–Trinajstić information content (AvgIpc) is 3.11. The molecule has 1 atom stereocenters. The molecule has 7 heteroatoms. The summed E-state index contributed by atoms with van der Waals surface area (Å²) in [6, 6.07) is 16.6. The number of nitrogens with one attached hydrogen (secondary N) is 1. The van der Waals surface area contributed by atoms with Crippen molar-refractivity contribution in [2.75, 3.05) is 5.75 Å². The van der Waals surface area contributed by atoms with Crippen molar-refractivity contribution in [2.45, 2.75) is 43.9 Å². The molecule has 1 aliphatic rings. The first kappa shape index (κ1) is 19.1. The first-order chi connectivity index (χ1) is 14.7. The number of benzene rings is 2. The molecule has 6 nitrogen and oxygen atoms in total. The summed E-state index contributed by atoms with van der Waals surface area (Å²) < 4.78 is 2.14. The van der Waals surface area contributed by atoms with Gasteiger partial charge in [0.1, 0.15) is 5.52 Å². The fourth-order valence-electron chi connectivity index (χ4n) is 4.34. The van der Waals surface area contributed by atoms with E-state index >= 15 is 0 Å². The number of hydrogen-bond donors (Lipinski definition) is 1. The molecule has 1 amide bonds. The molecule has 0 radical (unpaired) electrons. The molecule has 5 rings (SSSR count). The Labute approximate surface area is 179 Å². The minimum absolute atomic E-state index is 0.00133. The monoisotopic (exact) mass is 417 g/mol. The van der Waals surface area contributed by atoms with Crippen LogP contribution in [0.4, 0.5) is 0 Å². The molecule has 0 aliphatic heterocycles. The van der Waals surface area contributed by atoms with Crippen LogP contribution in [0.5, 0.6) is 0 Å². The Morgan fingerprint density at radius 3 is 2.90 bits per heavy atom. The molecule has 0 bridgehead atoms. The molecule has 0 saturated carbocycles. The summed E-state index contributed by atoms with van der Waals surface area (Å²) in [6.45, 7) is 2.89. The topological polar surface area (TPSA) is 72.7 Å². The van der Waals surface area contributed by atoms with E-state index in [0.717, 1.165) is 47.9 Å². The zero-order valence-corrected chi connectivity index (χ0v) is 17.7. The first-order valence-corrected chi connectivity index (χ1v) is 11.3. The second-order valence-electron chi connectivity index (χ2n) is 7.53. The number of aryl methyl sites for hydroxylation is 2. The summed E-state index contributed by atoms with van der Waals surface area (Å²) in [6.07, 6.45) is 3.16. The standard InChI is InChI=1S/C23H23N5OS/c1-2-28-19-13-6-5-11-17(19)21-22(28)25-23(27-26-21)30-14-20(29)24-18-12-7-9-15-8-3-4-10-16(15)18/h3-6,8,10-11,13,18H,2,7,9,12,14H2,1H3,(H,24,29)/t18-/m1/s1. The minimum atomic E-state index is 0.00133. The molecule has 0 spiro atoms. The van der Waals surface area contributed by atoms with Crippen LogP contribution in [-0.4, -0.2) is 31.4 Å². The number of thioether (sulfide) groups is 1. The maximum absolute atomic E-state index is 12.6. The third-order valence-corrected chi connectivity index (χ3v) is 6.55. The maximum atomic E-state index is 12.6. The van der Waals surface area contributed by atoms with E-state index in [4.69, 9.17) is 4.98 Å². The normalized spacial score (nSPS) is 16.0. The number of carbonyl (C=O) groups is 1. The maximum Gasteiger partial charge on any atom is 0.230 e. The number of aromatic nitrogens is 4. The van der Waals surface area contributed by atoms with Crippen LogP contribution in [0.1, 0.15) is 36.9 Å². The number of hydrogen-bond acceptors (Lipinski definition) is 5. The van der Waals surface area contributed by atoms with E-state index < -0.39 is 0 Å². The van der Waals surface area contributed by atoms with Gasteiger partial charge in [0.25, 0.3) is 0 Å². The Morgan fingerprint density at radius 1 is 1.17 bits per heavy atom. The molecule has 1 aliphatic carbocycles. The van der Waals surface area contributed by atoms with Crippen LogP contribution >= 0.6 is 11.8 Å². The lowest BCUT2D eigenvalue weighted by Crippen LogP contribution is -2.32. The Hall–Kier alpha value is -2.93. The highest BCUT2D eigenvalue weighted by Gasteiger charge is 2.21. The molecule has 0 fully saturated rings. The fraction of sp³-hybridized carbons (Fsp3) is 0.304. The first-order valence-electron chi connectivity index (χ1n) is 10.4. The highest BCUT2D eigenvalue weighted by atomic mass is 32.2. The predicted molar refractivity (Wildman–Crippen MR) is 119 cm³/mol. The molecular weight excluding hydrogens is 394 g/mol. The lowest BCUT2D eigenvalue weighted by molar-refractivity contribution is -0.119. The number of rotatable bonds is 5. The zero-order valence-electron chi connectivity index (χ0n) is 16.8. The van der Waals surface area contributed by atoms with Crippen molar-refractivity contribution in [1.82, 2.24) is 25.1 Å². The van der Waals surface area contributed by atoms with Crippen LogP contribution in [0.15, 0.2) is 53.7 Å². The van der Waals surface area contributed by atoms with E-state index in [1.165, 1.54) is 22.9 Å². The second kappa shape index (κ2) is 8.07. The average molecular weight is 418 g/mol. The van der Waals surface area contributed by atoms with E-state index in [0.29, 0.717) is 5.16 Å². The van der Waals surface area contributed by atoms with Crippen LogP contribution in [-0.2, 0) is 17.8 Å². The van der Waals surface area contributed by atoms with Gasteiger partial charge in [-0.15, -0.1) is 10.2 Å². The number of amides is 1. The molecule has 30 heavy (non-hydrogen) atoms. The van der Waals surface area contributed by atoms with Crippen molar-refractivity contribution < 1.29 is 4.79 Å². The van der Waals surface area contributed by atoms with Gasteiger partial charge in [0.15, 0.2) is 5.65 Å². The van der Waals surface area contributed by atoms with Crippen molar-refractivity contribution in [1.29, 1.82) is 0 Å². The lowest BCUT2D eigenvalue weighted by Gasteiger charge is -2.26. The van der Waals surface area contributed by atoms with E-state index in [-0.39, 0.29) is 17.7 Å². The van der Waals surface area contributed by atoms with Gasteiger partial charge in [-0.25, -0.2) is 4.98 Å². The van der Waals surface area contributed by atoms with Gasteiger partial charge in [-0.3, -0.25) is 4.79 Å². The Bertz CT molecular complexity index is 1230. The molecule has 1 N–H and O–H groups in total. The number of fused-ring (bicyclic) bond motifs is 4. The summed E-state index contributed by atoms with van der Waals surface area (Å²) in [5, 5.41) is 13.5. The fourth-order valence-corrected chi connectivity index (χ4v) is 4.93. The summed E-state index contributed by atoms with van der Waals surface area (Å²) in [5.74, 6) is 0.277. The molecular formula is C23H23N5OS. The van der Waals surface area contributed by atoms with Crippen molar-refractivity contribution in [2.24, 2.45) is 0 Å². The van der Waals surface area contributed by atoms with E-state index in [1.807, 2.05) is 24.3 Å². The molecule has 2 heterocycles. The summed E-state index contributed by atoms with van der Waals surface area (Å²) in [5.41, 5.74) is 5.31. The lowest BCUT2D eigenvalue weighted by atomic mass is 9.88.